The molecule has 2 N–H and O–H groups in total. The Kier molecular flexibility index (Phi) is 5.97. The zero-order valence-electron chi connectivity index (χ0n) is 12.9. The lowest BCUT2D eigenvalue weighted by atomic mass is 10.1. The maximum atomic E-state index is 10.2. The van der Waals surface area contributed by atoms with Gasteiger partial charge in [-0.05, 0) is 40.4 Å². The monoisotopic (exact) mass is 268 g/mol. The Bertz CT molecular complexity index is 385. The minimum absolute atomic E-state index is 0.571. The number of aryl methyl sites for hydroxylation is 2. The topological polar surface area (TPSA) is 53.3 Å². The van der Waals surface area contributed by atoms with Gasteiger partial charge in [0.15, 0.2) is 0 Å². The van der Waals surface area contributed by atoms with Gasteiger partial charge in [-0.2, -0.15) is 5.10 Å². The second-order valence-corrected chi connectivity index (χ2v) is 5.63. The van der Waals surface area contributed by atoms with Gasteiger partial charge in [-0.15, -0.1) is 0 Å². The molecule has 0 aromatic carbocycles. The number of hydrogen-bond donors (Lipinski definition) is 2. The third-order valence-electron chi connectivity index (χ3n) is 3.04. The van der Waals surface area contributed by atoms with Gasteiger partial charge in [0.2, 0.25) is 0 Å². The standard InChI is InChI=1S/C14H28N4O/c1-6-12-8-13(18(7-2)16-12)9-15-10-14(3,19)11-17(4)5/h8,15,19H,6-7,9-11H2,1-5H3. The van der Waals surface area contributed by atoms with Crippen LogP contribution >= 0.6 is 0 Å². The van der Waals surface area contributed by atoms with E-state index in [0.717, 1.165) is 25.2 Å². The van der Waals surface area contributed by atoms with Crippen LogP contribution in [-0.4, -0.2) is 52.6 Å². The molecule has 1 heterocycles. The third-order valence-corrected chi connectivity index (χ3v) is 3.04. The number of rotatable bonds is 8. The van der Waals surface area contributed by atoms with Gasteiger partial charge in [0.05, 0.1) is 17.0 Å². The molecule has 5 nitrogen and oxygen atoms in total. The fourth-order valence-electron chi connectivity index (χ4n) is 2.30. The minimum Gasteiger partial charge on any atom is -0.388 e. The van der Waals surface area contributed by atoms with Crippen LogP contribution in [0.2, 0.25) is 0 Å². The van der Waals surface area contributed by atoms with E-state index in [1.165, 1.54) is 5.69 Å². The second kappa shape index (κ2) is 7.03. The summed E-state index contributed by atoms with van der Waals surface area (Å²) in [6.45, 7) is 8.90. The second-order valence-electron chi connectivity index (χ2n) is 5.63. The first-order valence-corrected chi connectivity index (χ1v) is 7.01. The van der Waals surface area contributed by atoms with Crippen LogP contribution in [0.3, 0.4) is 0 Å². The number of nitrogens with one attached hydrogen (secondary N) is 1. The zero-order valence-corrected chi connectivity index (χ0v) is 12.9. The van der Waals surface area contributed by atoms with Crippen LogP contribution in [0.25, 0.3) is 0 Å². The lowest BCUT2D eigenvalue weighted by Gasteiger charge is -2.27. The van der Waals surface area contributed by atoms with Crippen LogP contribution < -0.4 is 5.32 Å². The molecule has 0 saturated heterocycles. The highest BCUT2D eigenvalue weighted by atomic mass is 16.3. The Morgan fingerprint density at radius 3 is 2.63 bits per heavy atom. The van der Waals surface area contributed by atoms with Crippen molar-refractivity contribution in [2.45, 2.75) is 45.9 Å². The van der Waals surface area contributed by atoms with E-state index in [1.807, 2.05) is 30.6 Å². The maximum absolute atomic E-state index is 10.2. The molecule has 1 unspecified atom stereocenters. The molecule has 1 rings (SSSR count). The summed E-state index contributed by atoms with van der Waals surface area (Å²) in [5, 5.41) is 18.1. The summed E-state index contributed by atoms with van der Waals surface area (Å²) in [6, 6.07) is 2.14. The van der Waals surface area contributed by atoms with E-state index in [0.29, 0.717) is 13.1 Å². The molecule has 5 heteroatoms. The van der Waals surface area contributed by atoms with Crippen molar-refractivity contribution in [1.82, 2.24) is 20.0 Å². The van der Waals surface area contributed by atoms with Gasteiger partial charge in [-0.25, -0.2) is 0 Å². The SMILES string of the molecule is CCc1cc(CNCC(C)(O)CN(C)C)n(CC)n1. The van der Waals surface area contributed by atoms with Gasteiger partial charge < -0.3 is 15.3 Å². The maximum Gasteiger partial charge on any atom is 0.0869 e. The smallest absolute Gasteiger partial charge is 0.0869 e. The quantitative estimate of drug-likeness (QED) is 0.734. The molecular weight excluding hydrogens is 240 g/mol. The molecule has 0 amide bonds. The molecule has 19 heavy (non-hydrogen) atoms. The van der Waals surface area contributed by atoms with Crippen molar-refractivity contribution in [2.24, 2.45) is 0 Å². The lowest BCUT2D eigenvalue weighted by Crippen LogP contribution is -2.45. The summed E-state index contributed by atoms with van der Waals surface area (Å²) in [5.41, 5.74) is 1.59. The predicted octanol–water partition coefficient (Wildman–Crippen LogP) is 0.868. The van der Waals surface area contributed by atoms with Crippen molar-refractivity contribution in [3.05, 3.63) is 17.5 Å². The lowest BCUT2D eigenvalue weighted by molar-refractivity contribution is 0.0334. The number of aliphatic hydroxyl groups is 1. The first kappa shape index (κ1) is 16.1. The summed E-state index contributed by atoms with van der Waals surface area (Å²) in [4.78, 5) is 1.99. The number of aromatic nitrogens is 2. The van der Waals surface area contributed by atoms with Gasteiger partial charge in [0.25, 0.3) is 0 Å². The molecular formula is C14H28N4O. The zero-order chi connectivity index (χ0) is 14.5. The van der Waals surface area contributed by atoms with Gasteiger partial charge in [0.1, 0.15) is 0 Å². The summed E-state index contributed by atoms with van der Waals surface area (Å²) in [5.74, 6) is 0. The largest absolute Gasteiger partial charge is 0.388 e. The minimum atomic E-state index is -0.714. The first-order chi connectivity index (χ1) is 8.88. The summed E-state index contributed by atoms with van der Waals surface area (Å²) in [7, 11) is 3.93. The van der Waals surface area contributed by atoms with Gasteiger partial charge in [-0.1, -0.05) is 6.92 Å². The molecule has 110 valence electrons. The van der Waals surface area contributed by atoms with Crippen molar-refractivity contribution in [1.29, 1.82) is 0 Å². The molecule has 0 aliphatic heterocycles. The van der Waals surface area contributed by atoms with Crippen LogP contribution in [0.15, 0.2) is 6.07 Å². The molecule has 1 aromatic heterocycles. The Morgan fingerprint density at radius 2 is 2.11 bits per heavy atom. The van der Waals surface area contributed by atoms with E-state index < -0.39 is 5.60 Å². The summed E-state index contributed by atoms with van der Waals surface area (Å²) in [6.07, 6.45) is 0.957. The highest BCUT2D eigenvalue weighted by Crippen LogP contribution is 2.07. The van der Waals surface area contributed by atoms with Crippen LogP contribution in [0, 0.1) is 0 Å². The van der Waals surface area contributed by atoms with Gasteiger partial charge >= 0.3 is 0 Å². The number of hydrogen-bond acceptors (Lipinski definition) is 4. The van der Waals surface area contributed by atoms with E-state index in [2.05, 4.69) is 30.3 Å². The fraction of sp³-hybridized carbons (Fsp3) is 0.786. The summed E-state index contributed by atoms with van der Waals surface area (Å²) < 4.78 is 2.02. The molecule has 0 spiro atoms. The van der Waals surface area contributed by atoms with E-state index in [1.54, 1.807) is 0 Å². The van der Waals surface area contributed by atoms with Crippen LogP contribution in [0.4, 0.5) is 0 Å². The molecule has 0 saturated carbocycles. The van der Waals surface area contributed by atoms with Crippen molar-refractivity contribution < 1.29 is 5.11 Å². The first-order valence-electron chi connectivity index (χ1n) is 7.01. The number of nitrogens with zero attached hydrogens (tertiary/aromatic N) is 3. The number of likely N-dealkylation sites (N-methyl/N-ethyl adjacent to an activating group) is 1. The summed E-state index contributed by atoms with van der Waals surface area (Å²) >= 11 is 0. The van der Waals surface area contributed by atoms with E-state index in [-0.39, 0.29) is 0 Å². The van der Waals surface area contributed by atoms with Gasteiger partial charge in [0, 0.05) is 26.2 Å². The highest BCUT2D eigenvalue weighted by Gasteiger charge is 2.20. The van der Waals surface area contributed by atoms with E-state index in [4.69, 9.17) is 0 Å². The van der Waals surface area contributed by atoms with Crippen LogP contribution in [-0.2, 0) is 19.5 Å². The Morgan fingerprint density at radius 1 is 1.42 bits per heavy atom. The predicted molar refractivity (Wildman–Crippen MR) is 78.2 cm³/mol. The highest BCUT2D eigenvalue weighted by molar-refractivity contribution is 5.10. The molecule has 0 bridgehead atoms. The van der Waals surface area contributed by atoms with E-state index in [9.17, 15) is 5.11 Å². The Labute approximate surface area is 116 Å². The molecule has 1 atom stereocenters. The van der Waals surface area contributed by atoms with E-state index >= 15 is 0 Å². The van der Waals surface area contributed by atoms with Crippen molar-refractivity contribution in [3.63, 3.8) is 0 Å². The van der Waals surface area contributed by atoms with Gasteiger partial charge in [-0.3, -0.25) is 4.68 Å². The molecule has 0 fully saturated rings. The fourth-order valence-corrected chi connectivity index (χ4v) is 2.30. The average Bonchev–Trinajstić information content (AvgIpc) is 2.69. The van der Waals surface area contributed by atoms with Crippen molar-refractivity contribution >= 4 is 0 Å². The van der Waals surface area contributed by atoms with Crippen molar-refractivity contribution in [3.8, 4) is 0 Å². The average molecular weight is 268 g/mol. The van der Waals surface area contributed by atoms with Crippen LogP contribution in [0.5, 0.6) is 0 Å². The molecule has 0 aliphatic carbocycles. The third kappa shape index (κ3) is 5.30. The normalized spacial score (nSPS) is 14.9. The molecule has 1 aromatic rings. The molecule has 0 radical (unpaired) electrons. The molecule has 0 aliphatic rings. The Balaban J connectivity index is 2.50. The van der Waals surface area contributed by atoms with Crippen molar-refractivity contribution in [2.75, 3.05) is 27.2 Å². The van der Waals surface area contributed by atoms with Crippen LogP contribution in [0.1, 0.15) is 32.2 Å². The Hall–Kier alpha value is -0.910.